The van der Waals surface area contributed by atoms with E-state index in [9.17, 15) is 9.46 Å². The van der Waals surface area contributed by atoms with E-state index in [4.69, 9.17) is 19.1 Å². The Bertz CT molecular complexity index is 640. The Kier molecular flexibility index (Phi) is 13.8. The molecule has 27 heavy (non-hydrogen) atoms. The quantitative estimate of drug-likeness (QED) is 0.245. The van der Waals surface area contributed by atoms with Crippen molar-refractivity contribution >= 4 is 13.6 Å². The van der Waals surface area contributed by atoms with Gasteiger partial charge in [0, 0.05) is 18.2 Å². The van der Waals surface area contributed by atoms with Gasteiger partial charge in [-0.1, -0.05) is 32.9 Å². The van der Waals surface area contributed by atoms with Crippen molar-refractivity contribution in [2.24, 2.45) is 5.41 Å². The predicted octanol–water partition coefficient (Wildman–Crippen LogP) is -0.241. The Morgan fingerprint density at radius 2 is 1.85 bits per heavy atom. The second kappa shape index (κ2) is 12.9. The molecule has 0 heterocycles. The summed E-state index contributed by atoms with van der Waals surface area (Å²) in [5, 5.41) is 0. The third-order valence-corrected chi connectivity index (χ3v) is 3.82. The molecule has 1 aromatic carbocycles. The molecule has 0 radical (unpaired) electrons. The van der Waals surface area contributed by atoms with E-state index >= 15 is 0 Å². The summed E-state index contributed by atoms with van der Waals surface area (Å²) in [6, 6.07) is 6.30. The molecule has 4 N–H and O–H groups in total. The van der Waals surface area contributed by atoms with Gasteiger partial charge in [-0.25, -0.2) is 0 Å². The molecule has 150 valence electrons. The maximum absolute atomic E-state index is 10.9. The van der Waals surface area contributed by atoms with Gasteiger partial charge in [0.1, 0.15) is 11.5 Å². The van der Waals surface area contributed by atoms with Gasteiger partial charge >= 0.3 is 37.4 Å². The summed E-state index contributed by atoms with van der Waals surface area (Å²) in [7, 11) is -1.73. The molecule has 0 spiro atoms. The molecule has 0 saturated carbocycles. The average molecular weight is 413 g/mol. The number of rotatable bonds is 9. The predicted molar refractivity (Wildman–Crippen MR) is 98.0 cm³/mol. The van der Waals surface area contributed by atoms with Crippen molar-refractivity contribution in [3.05, 3.63) is 35.4 Å². The summed E-state index contributed by atoms with van der Waals surface area (Å²) >= 11 is 0. The number of hydrogen-bond acceptors (Lipinski definition) is 7. The number of ether oxygens (including phenoxy) is 3. The molecule has 1 aromatic rings. The molecule has 8 nitrogen and oxygen atoms in total. The maximum atomic E-state index is 10.9. The van der Waals surface area contributed by atoms with Crippen LogP contribution in [0.25, 0.3) is 5.76 Å². The number of benzene rings is 1. The summed E-state index contributed by atoms with van der Waals surface area (Å²) < 4.78 is 31.7. The SMILES string of the molecule is COCCOCC(=C(OC)c1cccc(OP(=O)([O-])O)c1)C(C)(C)C.N.[Na+]. The first-order chi connectivity index (χ1) is 11.6. The van der Waals surface area contributed by atoms with Gasteiger partial charge in [-0.2, -0.15) is 0 Å². The van der Waals surface area contributed by atoms with Crippen LogP contribution in [0.15, 0.2) is 29.8 Å². The van der Waals surface area contributed by atoms with Crippen LogP contribution in [0.4, 0.5) is 0 Å². The second-order valence-electron chi connectivity index (χ2n) is 6.39. The molecule has 0 aliphatic rings. The maximum Gasteiger partial charge on any atom is 1.00 e. The summed E-state index contributed by atoms with van der Waals surface area (Å²) in [5.74, 6) is 0.565. The number of phosphoric acid groups is 1. The summed E-state index contributed by atoms with van der Waals surface area (Å²) in [4.78, 5) is 19.8. The zero-order valence-electron chi connectivity index (χ0n) is 17.0. The third-order valence-electron chi connectivity index (χ3n) is 3.38. The molecule has 0 bridgehead atoms. The Morgan fingerprint density at radius 1 is 1.22 bits per heavy atom. The largest absolute Gasteiger partial charge is 1.00 e. The van der Waals surface area contributed by atoms with Gasteiger partial charge in [0.25, 0.3) is 0 Å². The zero-order valence-corrected chi connectivity index (χ0v) is 19.9. The smallest absolute Gasteiger partial charge is 0.746 e. The van der Waals surface area contributed by atoms with Crippen LogP contribution in [0.3, 0.4) is 0 Å². The van der Waals surface area contributed by atoms with Crippen LogP contribution in [-0.2, 0) is 18.8 Å². The van der Waals surface area contributed by atoms with Gasteiger partial charge in [-0.15, -0.1) is 0 Å². The van der Waals surface area contributed by atoms with E-state index < -0.39 is 7.82 Å². The van der Waals surface area contributed by atoms with Crippen LogP contribution in [0.5, 0.6) is 5.75 Å². The van der Waals surface area contributed by atoms with Crippen molar-refractivity contribution in [2.75, 3.05) is 34.0 Å². The fourth-order valence-corrected chi connectivity index (χ4v) is 2.56. The summed E-state index contributed by atoms with van der Waals surface area (Å²) in [5.41, 5.74) is 1.27. The monoisotopic (exact) mass is 413 g/mol. The van der Waals surface area contributed by atoms with Gasteiger partial charge in [-0.3, -0.25) is 4.57 Å². The molecule has 0 saturated heterocycles. The van der Waals surface area contributed by atoms with Gasteiger partial charge in [-0.05, 0) is 17.5 Å². The second-order valence-corrected chi connectivity index (χ2v) is 7.51. The average Bonchev–Trinajstić information content (AvgIpc) is 2.48. The molecule has 0 aliphatic heterocycles. The topological polar surface area (TPSA) is 132 Å². The minimum Gasteiger partial charge on any atom is -0.746 e. The van der Waals surface area contributed by atoms with E-state index in [2.05, 4.69) is 4.52 Å². The molecular weight excluding hydrogens is 384 g/mol. The van der Waals surface area contributed by atoms with Gasteiger partial charge in [0.05, 0.1) is 26.9 Å². The number of methoxy groups -OCH3 is 2. The van der Waals surface area contributed by atoms with Crippen molar-refractivity contribution in [2.45, 2.75) is 20.8 Å². The molecule has 10 heteroatoms. The number of hydrogen-bond donors (Lipinski definition) is 2. The molecular formula is C17H29NNaO7P. The van der Waals surface area contributed by atoms with Crippen LogP contribution in [0, 0.1) is 5.41 Å². The first-order valence-electron chi connectivity index (χ1n) is 7.76. The van der Waals surface area contributed by atoms with Crippen LogP contribution in [0.2, 0.25) is 0 Å². The Hall–Kier alpha value is -0.410. The third kappa shape index (κ3) is 10.6. The normalized spacial score (nSPS) is 14.2. The number of phosphoric ester groups is 1. The van der Waals surface area contributed by atoms with Crippen molar-refractivity contribution in [1.82, 2.24) is 6.15 Å². The minimum atomic E-state index is -4.87. The van der Waals surface area contributed by atoms with E-state index in [0.29, 0.717) is 31.1 Å². The van der Waals surface area contributed by atoms with Crippen molar-refractivity contribution in [3.8, 4) is 5.75 Å². The van der Waals surface area contributed by atoms with Crippen molar-refractivity contribution in [1.29, 1.82) is 0 Å². The summed E-state index contributed by atoms with van der Waals surface area (Å²) in [6.07, 6.45) is 0. The van der Waals surface area contributed by atoms with Gasteiger partial charge in [0.2, 0.25) is 0 Å². The van der Waals surface area contributed by atoms with E-state index in [-0.39, 0.29) is 46.9 Å². The molecule has 1 unspecified atom stereocenters. The molecule has 0 amide bonds. The zero-order chi connectivity index (χ0) is 19.1. The molecule has 0 fully saturated rings. The standard InChI is InChI=1S/C17H27O7P.H3N.Na/c1-17(2,3)15(12-23-10-9-21-4)16(22-5)13-7-6-8-14(11-13)24-25(18,19)20;;/h6-8,11H,9-10,12H2,1-5H3,(H2,18,19,20);1H3;/q;;+1/p-1. The van der Waals surface area contributed by atoms with Gasteiger partial charge < -0.3 is 34.7 Å². The molecule has 1 atom stereocenters. The fraction of sp³-hybridized carbons (Fsp3) is 0.529. The first-order valence-corrected chi connectivity index (χ1v) is 9.26. The Labute approximate surface area is 183 Å². The summed E-state index contributed by atoms with van der Waals surface area (Å²) in [6.45, 7) is 7.35. The van der Waals surface area contributed by atoms with Crippen molar-refractivity contribution in [3.63, 3.8) is 0 Å². The van der Waals surface area contributed by atoms with E-state index in [1.165, 1.54) is 19.2 Å². The fourth-order valence-electron chi connectivity index (χ4n) is 2.18. The molecule has 1 rings (SSSR count). The van der Waals surface area contributed by atoms with E-state index in [1.807, 2.05) is 20.8 Å². The van der Waals surface area contributed by atoms with E-state index in [0.717, 1.165) is 5.57 Å². The Balaban J connectivity index is 0. The van der Waals surface area contributed by atoms with Gasteiger partial charge in [0.15, 0.2) is 0 Å². The van der Waals surface area contributed by atoms with Crippen LogP contribution in [0.1, 0.15) is 26.3 Å². The van der Waals surface area contributed by atoms with Crippen LogP contribution >= 0.6 is 7.82 Å². The Morgan fingerprint density at radius 3 is 2.33 bits per heavy atom. The van der Waals surface area contributed by atoms with Crippen molar-refractivity contribution < 1.29 is 62.6 Å². The van der Waals surface area contributed by atoms with E-state index in [1.54, 1.807) is 19.2 Å². The minimum absolute atomic E-state index is 0. The molecule has 0 aromatic heterocycles. The molecule has 0 aliphatic carbocycles. The van der Waals surface area contributed by atoms with Crippen LogP contribution < -0.4 is 45.1 Å². The first kappa shape index (κ1) is 28.8. The van der Waals surface area contributed by atoms with Crippen LogP contribution in [-0.4, -0.2) is 38.9 Å².